The summed E-state index contributed by atoms with van der Waals surface area (Å²) in [6.45, 7) is 0. The summed E-state index contributed by atoms with van der Waals surface area (Å²) in [7, 11) is 4.43. The summed E-state index contributed by atoms with van der Waals surface area (Å²) < 4.78 is 16.4. The van der Waals surface area contributed by atoms with Crippen molar-refractivity contribution in [1.29, 1.82) is 5.26 Å². The number of carbonyl (C=O) groups is 2. The third-order valence-corrected chi connectivity index (χ3v) is 6.73. The Morgan fingerprint density at radius 3 is 2.33 bits per heavy atom. The molecule has 0 saturated heterocycles. The van der Waals surface area contributed by atoms with E-state index in [0.29, 0.717) is 33.5 Å². The molecule has 2 aromatic carbocycles. The lowest BCUT2D eigenvalue weighted by atomic mass is 10.1. The molecule has 0 aliphatic carbocycles. The molecule has 4 aromatic rings. The van der Waals surface area contributed by atoms with Gasteiger partial charge in [0, 0.05) is 11.8 Å². The molecule has 3 amide bonds. The fraction of sp³-hybridized carbons (Fsp3) is 0.143. The van der Waals surface area contributed by atoms with E-state index in [9.17, 15) is 14.9 Å². The molecule has 0 bridgehead atoms. The molecule has 0 atom stereocenters. The van der Waals surface area contributed by atoms with E-state index in [0.717, 1.165) is 11.8 Å². The van der Waals surface area contributed by atoms with Crippen LogP contribution in [0.15, 0.2) is 66.0 Å². The highest BCUT2D eigenvalue weighted by Gasteiger charge is 2.22. The van der Waals surface area contributed by atoms with E-state index in [1.165, 1.54) is 27.5 Å². The van der Waals surface area contributed by atoms with E-state index in [2.05, 4.69) is 37.0 Å². The molecule has 0 spiro atoms. The number of imide groups is 1. The number of nitriles is 1. The van der Waals surface area contributed by atoms with Crippen LogP contribution in [0.4, 0.5) is 22.1 Å². The van der Waals surface area contributed by atoms with Gasteiger partial charge in [0.2, 0.25) is 11.7 Å². The van der Waals surface area contributed by atoms with Crippen molar-refractivity contribution in [3.05, 3.63) is 71.4 Å². The number of rotatable bonds is 10. The molecule has 0 unspecified atom stereocenters. The summed E-state index contributed by atoms with van der Waals surface area (Å²) >= 11 is 7.31. The number of anilines is 3. The standard InChI is InChI=1S/C28H24ClN7O5S/c1-39-20-12-16(13-21(40-2)25(20)41-3)24-17(14-30)26(32-19-9-5-4-8-18(19)29)36-28(35-24)42-15-23(37)34-27(38)33-22-10-6-7-11-31-22/h4-13H,15H2,1-3H3,(H,32,35,36)(H2,31,33,34,37,38). The van der Waals surface area contributed by atoms with Crippen LogP contribution in [-0.2, 0) is 4.79 Å². The minimum atomic E-state index is -0.737. The first kappa shape index (κ1) is 29.9. The van der Waals surface area contributed by atoms with Gasteiger partial charge in [-0.2, -0.15) is 5.26 Å². The second-order valence-corrected chi connectivity index (χ2v) is 9.56. The number of amides is 3. The second kappa shape index (κ2) is 14.0. The van der Waals surface area contributed by atoms with Crippen LogP contribution in [0, 0.1) is 11.3 Å². The quantitative estimate of drug-likeness (QED) is 0.159. The Bertz CT molecular complexity index is 1620. The second-order valence-electron chi connectivity index (χ2n) is 8.22. The van der Waals surface area contributed by atoms with E-state index in [4.69, 9.17) is 25.8 Å². The number of halogens is 1. The number of para-hydroxylation sites is 1. The van der Waals surface area contributed by atoms with Crippen molar-refractivity contribution in [3.8, 4) is 34.6 Å². The molecule has 14 heteroatoms. The number of methoxy groups -OCH3 is 3. The van der Waals surface area contributed by atoms with Gasteiger partial charge in [-0.25, -0.2) is 19.7 Å². The van der Waals surface area contributed by atoms with Gasteiger partial charge in [0.05, 0.1) is 43.5 Å². The lowest BCUT2D eigenvalue weighted by molar-refractivity contribution is -0.117. The monoisotopic (exact) mass is 605 g/mol. The predicted octanol–water partition coefficient (Wildman–Crippen LogP) is 5.27. The molecule has 0 radical (unpaired) electrons. The molecule has 0 saturated carbocycles. The lowest BCUT2D eigenvalue weighted by Gasteiger charge is -2.16. The largest absolute Gasteiger partial charge is 0.493 e. The number of hydrogen-bond donors (Lipinski definition) is 3. The number of pyridine rings is 1. The molecule has 42 heavy (non-hydrogen) atoms. The Morgan fingerprint density at radius 1 is 1.00 bits per heavy atom. The summed E-state index contributed by atoms with van der Waals surface area (Å²) in [6.07, 6.45) is 1.51. The van der Waals surface area contributed by atoms with Gasteiger partial charge in [0.1, 0.15) is 17.5 Å². The van der Waals surface area contributed by atoms with Gasteiger partial charge in [-0.1, -0.05) is 41.6 Å². The van der Waals surface area contributed by atoms with Crippen molar-refractivity contribution in [2.75, 3.05) is 37.7 Å². The number of urea groups is 1. The Kier molecular flexibility index (Phi) is 9.99. The molecule has 0 aliphatic heterocycles. The van der Waals surface area contributed by atoms with E-state index >= 15 is 0 Å². The summed E-state index contributed by atoms with van der Waals surface area (Å²) in [5, 5.41) is 18.5. The van der Waals surface area contributed by atoms with E-state index in [1.54, 1.807) is 54.6 Å². The number of nitrogens with one attached hydrogen (secondary N) is 3. The number of carbonyl (C=O) groups excluding carboxylic acids is 2. The molecule has 214 valence electrons. The highest BCUT2D eigenvalue weighted by molar-refractivity contribution is 7.99. The number of ether oxygens (including phenoxy) is 3. The van der Waals surface area contributed by atoms with Crippen LogP contribution >= 0.6 is 23.4 Å². The van der Waals surface area contributed by atoms with Crippen LogP contribution in [0.25, 0.3) is 11.3 Å². The third kappa shape index (κ3) is 7.17. The lowest BCUT2D eigenvalue weighted by Crippen LogP contribution is -2.35. The van der Waals surface area contributed by atoms with Crippen molar-refractivity contribution in [1.82, 2.24) is 20.3 Å². The maximum absolute atomic E-state index is 12.6. The Hall–Kier alpha value is -5.06. The SMILES string of the molecule is COc1cc(-c2nc(SCC(=O)NC(=O)Nc3ccccn3)nc(Nc3ccccc3Cl)c2C#N)cc(OC)c1OC. The summed E-state index contributed by atoms with van der Waals surface area (Å²) in [6, 6.07) is 16.6. The molecular formula is C28H24ClN7O5S. The van der Waals surface area contributed by atoms with Crippen molar-refractivity contribution in [2.24, 2.45) is 0 Å². The average Bonchev–Trinajstić information content (AvgIpc) is 3.00. The molecule has 2 aromatic heterocycles. The van der Waals surface area contributed by atoms with Gasteiger partial charge >= 0.3 is 6.03 Å². The normalized spacial score (nSPS) is 10.3. The molecule has 0 fully saturated rings. The van der Waals surface area contributed by atoms with Gasteiger partial charge in [0.15, 0.2) is 22.5 Å². The van der Waals surface area contributed by atoms with Crippen LogP contribution in [0.1, 0.15) is 5.56 Å². The summed E-state index contributed by atoms with van der Waals surface area (Å²) in [5.41, 5.74) is 1.31. The first-order valence-corrected chi connectivity index (χ1v) is 13.5. The first-order valence-electron chi connectivity index (χ1n) is 12.2. The Morgan fingerprint density at radius 2 is 1.71 bits per heavy atom. The van der Waals surface area contributed by atoms with Crippen LogP contribution in [-0.4, -0.2) is 54.0 Å². The van der Waals surface area contributed by atoms with Crippen LogP contribution in [0.5, 0.6) is 17.2 Å². The zero-order valence-electron chi connectivity index (χ0n) is 22.6. The zero-order valence-corrected chi connectivity index (χ0v) is 24.2. The van der Waals surface area contributed by atoms with E-state index < -0.39 is 11.9 Å². The first-order chi connectivity index (χ1) is 20.4. The average molecular weight is 606 g/mol. The van der Waals surface area contributed by atoms with Crippen LogP contribution in [0.3, 0.4) is 0 Å². The minimum Gasteiger partial charge on any atom is -0.493 e. The number of aromatic nitrogens is 3. The van der Waals surface area contributed by atoms with Crippen molar-refractivity contribution in [2.45, 2.75) is 5.16 Å². The fourth-order valence-electron chi connectivity index (χ4n) is 3.70. The molecule has 2 heterocycles. The third-order valence-electron chi connectivity index (χ3n) is 5.56. The molecule has 3 N–H and O–H groups in total. The smallest absolute Gasteiger partial charge is 0.327 e. The van der Waals surface area contributed by atoms with Crippen molar-refractivity contribution in [3.63, 3.8) is 0 Å². The topological polar surface area (TPSA) is 160 Å². The van der Waals surface area contributed by atoms with Crippen LogP contribution in [0.2, 0.25) is 5.02 Å². The number of benzene rings is 2. The fourth-order valence-corrected chi connectivity index (χ4v) is 4.52. The highest BCUT2D eigenvalue weighted by Crippen LogP contribution is 2.42. The number of hydrogen-bond acceptors (Lipinski definition) is 11. The Balaban J connectivity index is 1.68. The van der Waals surface area contributed by atoms with Crippen molar-refractivity contribution < 1.29 is 23.8 Å². The van der Waals surface area contributed by atoms with E-state index in [1.807, 2.05) is 0 Å². The van der Waals surface area contributed by atoms with Crippen LogP contribution < -0.4 is 30.2 Å². The van der Waals surface area contributed by atoms with Gasteiger partial charge < -0.3 is 19.5 Å². The number of thioether (sulfide) groups is 1. The molecule has 0 aliphatic rings. The number of nitrogens with zero attached hydrogens (tertiary/aromatic N) is 4. The van der Waals surface area contributed by atoms with Gasteiger partial charge in [-0.3, -0.25) is 15.4 Å². The Labute approximate surface area is 250 Å². The highest BCUT2D eigenvalue weighted by atomic mass is 35.5. The molecular weight excluding hydrogens is 582 g/mol. The van der Waals surface area contributed by atoms with Gasteiger partial charge in [-0.15, -0.1) is 0 Å². The summed E-state index contributed by atoms with van der Waals surface area (Å²) in [4.78, 5) is 37.8. The van der Waals surface area contributed by atoms with Crippen molar-refractivity contribution >= 4 is 52.6 Å². The summed E-state index contributed by atoms with van der Waals surface area (Å²) in [5.74, 6) is 0.695. The zero-order chi connectivity index (χ0) is 30.1. The van der Waals surface area contributed by atoms with Gasteiger partial charge in [-0.05, 0) is 36.4 Å². The molecule has 4 rings (SSSR count). The maximum Gasteiger partial charge on any atom is 0.327 e. The van der Waals surface area contributed by atoms with Gasteiger partial charge in [0.25, 0.3) is 0 Å². The van der Waals surface area contributed by atoms with E-state index in [-0.39, 0.29) is 33.8 Å². The predicted molar refractivity (Wildman–Crippen MR) is 159 cm³/mol. The molecule has 12 nitrogen and oxygen atoms in total. The maximum atomic E-state index is 12.6. The minimum absolute atomic E-state index is 0.104.